The van der Waals surface area contributed by atoms with Crippen LogP contribution in [0.2, 0.25) is 0 Å². The fraction of sp³-hybridized carbons (Fsp3) is 0.524. The Labute approximate surface area is 161 Å². The molecule has 5 nitrogen and oxygen atoms in total. The second-order valence-electron chi connectivity index (χ2n) is 7.07. The van der Waals surface area contributed by atoms with Crippen LogP contribution in [0, 0.1) is 18.7 Å². The molecule has 1 aliphatic rings. The van der Waals surface area contributed by atoms with Gasteiger partial charge in [-0.05, 0) is 43.4 Å². The highest BCUT2D eigenvalue weighted by Gasteiger charge is 2.35. The van der Waals surface area contributed by atoms with Gasteiger partial charge in [0.2, 0.25) is 5.91 Å². The molecule has 0 spiro atoms. The molecule has 2 rings (SSSR count). The van der Waals surface area contributed by atoms with E-state index >= 15 is 0 Å². The number of carbonyl (C=O) groups is 2. The van der Waals surface area contributed by atoms with E-state index in [0.717, 1.165) is 18.4 Å². The number of hydrogen-bond donors (Lipinski definition) is 2. The van der Waals surface area contributed by atoms with Crippen molar-refractivity contribution in [2.45, 2.75) is 45.6 Å². The van der Waals surface area contributed by atoms with Crippen LogP contribution in [0.4, 0.5) is 9.18 Å². The van der Waals surface area contributed by atoms with Crippen molar-refractivity contribution in [1.29, 1.82) is 0 Å². The number of nitrogens with one attached hydrogen (secondary N) is 2. The summed E-state index contributed by atoms with van der Waals surface area (Å²) in [6.07, 6.45) is 4.89. The molecule has 3 amide bonds. The number of amides is 3. The number of rotatable bonds is 7. The lowest BCUT2D eigenvalue weighted by atomic mass is 9.88. The highest BCUT2D eigenvalue weighted by molar-refractivity contribution is 5.81. The van der Waals surface area contributed by atoms with Crippen LogP contribution in [-0.2, 0) is 4.79 Å². The average Bonchev–Trinajstić information content (AvgIpc) is 2.68. The number of carbonyl (C=O) groups excluding carboxylic acids is 2. The minimum atomic E-state index is -0.254. The Kier molecular flexibility index (Phi) is 7.82. The number of likely N-dealkylation sites (tertiary alicyclic amines) is 1. The lowest BCUT2D eigenvalue weighted by Crippen LogP contribution is -2.50. The van der Waals surface area contributed by atoms with E-state index in [4.69, 9.17) is 0 Å². The van der Waals surface area contributed by atoms with Gasteiger partial charge in [0.25, 0.3) is 0 Å². The SMILES string of the molecule is C=CCNC(=O)[C@@H]1CC[C@@H](c2ccc(F)c(C)c2)N(C(=O)NCCCC)C1. The van der Waals surface area contributed by atoms with Crippen LogP contribution in [0.25, 0.3) is 0 Å². The zero-order valence-corrected chi connectivity index (χ0v) is 16.3. The summed E-state index contributed by atoms with van der Waals surface area (Å²) in [6, 6.07) is 4.65. The number of piperidine rings is 1. The largest absolute Gasteiger partial charge is 0.352 e. The Morgan fingerprint density at radius 2 is 2.11 bits per heavy atom. The number of urea groups is 1. The fourth-order valence-electron chi connectivity index (χ4n) is 3.42. The van der Waals surface area contributed by atoms with E-state index in [1.807, 2.05) is 0 Å². The summed E-state index contributed by atoms with van der Waals surface area (Å²) in [5, 5.41) is 5.77. The Hall–Kier alpha value is -2.37. The summed E-state index contributed by atoms with van der Waals surface area (Å²) < 4.78 is 13.7. The van der Waals surface area contributed by atoms with Crippen molar-refractivity contribution in [2.24, 2.45) is 5.92 Å². The molecule has 27 heavy (non-hydrogen) atoms. The number of aryl methyl sites for hydroxylation is 1. The topological polar surface area (TPSA) is 61.4 Å². The van der Waals surface area contributed by atoms with Gasteiger partial charge in [-0.25, -0.2) is 9.18 Å². The van der Waals surface area contributed by atoms with Gasteiger partial charge in [-0.2, -0.15) is 0 Å². The fourth-order valence-corrected chi connectivity index (χ4v) is 3.42. The summed E-state index contributed by atoms with van der Waals surface area (Å²) >= 11 is 0. The van der Waals surface area contributed by atoms with Crippen LogP contribution in [0.15, 0.2) is 30.9 Å². The normalized spacial score (nSPS) is 19.4. The molecule has 1 aliphatic heterocycles. The first-order chi connectivity index (χ1) is 13.0. The van der Waals surface area contributed by atoms with Crippen LogP contribution in [0.1, 0.15) is 49.8 Å². The first-order valence-corrected chi connectivity index (χ1v) is 9.67. The molecule has 1 saturated heterocycles. The molecule has 2 N–H and O–H groups in total. The van der Waals surface area contributed by atoms with E-state index in [9.17, 15) is 14.0 Å². The first-order valence-electron chi connectivity index (χ1n) is 9.67. The Bertz CT molecular complexity index is 677. The maximum Gasteiger partial charge on any atom is 0.317 e. The number of benzene rings is 1. The van der Waals surface area contributed by atoms with Crippen molar-refractivity contribution in [2.75, 3.05) is 19.6 Å². The molecule has 0 saturated carbocycles. The Morgan fingerprint density at radius 3 is 2.78 bits per heavy atom. The van der Waals surface area contributed by atoms with E-state index in [1.165, 1.54) is 6.07 Å². The molecule has 1 aromatic carbocycles. The van der Waals surface area contributed by atoms with Crippen molar-refractivity contribution < 1.29 is 14.0 Å². The van der Waals surface area contributed by atoms with Crippen molar-refractivity contribution in [3.63, 3.8) is 0 Å². The highest BCUT2D eigenvalue weighted by atomic mass is 19.1. The summed E-state index contributed by atoms with van der Waals surface area (Å²) in [7, 11) is 0. The number of unbranched alkanes of at least 4 members (excludes halogenated alkanes) is 1. The standard InChI is InChI=1S/C21H30FN3O2/c1-4-6-12-24-21(27)25-14-17(20(26)23-11-5-2)8-10-19(25)16-7-9-18(22)15(3)13-16/h5,7,9,13,17,19H,2,4,6,8,10-12,14H2,1,3H3,(H,23,26)(H,24,27)/t17-,19+/m1/s1. The van der Waals surface area contributed by atoms with Crippen molar-refractivity contribution in [3.05, 3.63) is 47.8 Å². The minimum Gasteiger partial charge on any atom is -0.352 e. The van der Waals surface area contributed by atoms with E-state index in [-0.39, 0.29) is 29.7 Å². The van der Waals surface area contributed by atoms with E-state index < -0.39 is 0 Å². The monoisotopic (exact) mass is 375 g/mol. The molecule has 1 heterocycles. The molecule has 148 valence electrons. The van der Waals surface area contributed by atoms with Gasteiger partial charge < -0.3 is 15.5 Å². The maximum atomic E-state index is 13.7. The van der Waals surface area contributed by atoms with Crippen LogP contribution in [0.5, 0.6) is 0 Å². The van der Waals surface area contributed by atoms with Gasteiger partial charge in [0.05, 0.1) is 12.0 Å². The van der Waals surface area contributed by atoms with Gasteiger partial charge in [-0.15, -0.1) is 6.58 Å². The lowest BCUT2D eigenvalue weighted by molar-refractivity contribution is -0.126. The zero-order valence-electron chi connectivity index (χ0n) is 16.3. The molecule has 6 heteroatoms. The predicted molar refractivity (Wildman–Crippen MR) is 105 cm³/mol. The number of nitrogens with zero attached hydrogens (tertiary/aromatic N) is 1. The Balaban J connectivity index is 2.18. The van der Waals surface area contributed by atoms with Gasteiger partial charge in [-0.1, -0.05) is 31.6 Å². The van der Waals surface area contributed by atoms with Gasteiger partial charge in [-0.3, -0.25) is 4.79 Å². The third-order valence-corrected chi connectivity index (χ3v) is 5.01. The van der Waals surface area contributed by atoms with Gasteiger partial charge in [0.15, 0.2) is 0 Å². The second kappa shape index (κ2) is 10.1. The van der Waals surface area contributed by atoms with Crippen molar-refractivity contribution in [3.8, 4) is 0 Å². The average molecular weight is 375 g/mol. The van der Waals surface area contributed by atoms with E-state index in [0.29, 0.717) is 38.0 Å². The lowest BCUT2D eigenvalue weighted by Gasteiger charge is -2.39. The molecule has 0 bridgehead atoms. The third-order valence-electron chi connectivity index (χ3n) is 5.01. The molecule has 0 aliphatic carbocycles. The molecule has 1 fully saturated rings. The van der Waals surface area contributed by atoms with Crippen LogP contribution in [-0.4, -0.2) is 36.5 Å². The van der Waals surface area contributed by atoms with Gasteiger partial charge in [0.1, 0.15) is 5.82 Å². The molecule has 0 radical (unpaired) electrons. The minimum absolute atomic E-state index is 0.0602. The molecular weight excluding hydrogens is 345 g/mol. The smallest absolute Gasteiger partial charge is 0.317 e. The number of hydrogen-bond acceptors (Lipinski definition) is 2. The maximum absolute atomic E-state index is 13.7. The first kappa shape index (κ1) is 20.9. The molecule has 0 aromatic heterocycles. The van der Waals surface area contributed by atoms with Crippen LogP contribution < -0.4 is 10.6 Å². The second-order valence-corrected chi connectivity index (χ2v) is 7.07. The van der Waals surface area contributed by atoms with E-state index in [1.54, 1.807) is 30.0 Å². The Morgan fingerprint density at radius 1 is 1.33 bits per heavy atom. The molecule has 0 unspecified atom stereocenters. The highest BCUT2D eigenvalue weighted by Crippen LogP contribution is 2.34. The van der Waals surface area contributed by atoms with Crippen LogP contribution in [0.3, 0.4) is 0 Å². The summed E-state index contributed by atoms with van der Waals surface area (Å²) in [4.78, 5) is 26.9. The van der Waals surface area contributed by atoms with Gasteiger partial charge >= 0.3 is 6.03 Å². The molecular formula is C21H30FN3O2. The molecule has 2 atom stereocenters. The van der Waals surface area contributed by atoms with E-state index in [2.05, 4.69) is 24.1 Å². The summed E-state index contributed by atoms with van der Waals surface area (Å²) in [5.41, 5.74) is 1.47. The quantitative estimate of drug-likeness (QED) is 0.564. The predicted octanol–water partition coefficient (Wildman–Crippen LogP) is 3.70. The summed E-state index contributed by atoms with van der Waals surface area (Å²) in [5.74, 6) is -0.565. The third kappa shape index (κ3) is 5.55. The van der Waals surface area contributed by atoms with Crippen LogP contribution >= 0.6 is 0 Å². The molecule has 1 aromatic rings. The number of halogens is 1. The van der Waals surface area contributed by atoms with Crippen molar-refractivity contribution in [1.82, 2.24) is 15.5 Å². The van der Waals surface area contributed by atoms with Crippen molar-refractivity contribution >= 4 is 11.9 Å². The zero-order chi connectivity index (χ0) is 19.8. The van der Waals surface area contributed by atoms with Gasteiger partial charge in [0, 0.05) is 19.6 Å². The summed E-state index contributed by atoms with van der Waals surface area (Å²) in [6.45, 7) is 8.77.